The van der Waals surface area contributed by atoms with Crippen LogP contribution in [0.15, 0.2) is 35.6 Å². The van der Waals surface area contributed by atoms with Crippen molar-refractivity contribution in [2.24, 2.45) is 5.92 Å². The van der Waals surface area contributed by atoms with Gasteiger partial charge < -0.3 is 24.3 Å². The number of thiocarbonyl (C=S) groups is 1. The molecule has 0 aliphatic carbocycles. The summed E-state index contributed by atoms with van der Waals surface area (Å²) in [4.78, 5) is 6.31. The standard InChI is InChI=1S/C22H34N4O4S2/c1-6-23-21(31)25(10-11-29-4)15-19-13-24-22(26(19)14-17(2)3)32(27,28)16-18-8-7-9-20(12-18)30-5/h7-9,12-13,17H,6,10-11,14-16H2,1-5H3,(H,23,31). The van der Waals surface area contributed by atoms with E-state index in [0.29, 0.717) is 49.2 Å². The van der Waals surface area contributed by atoms with Gasteiger partial charge >= 0.3 is 0 Å². The zero-order valence-electron chi connectivity index (χ0n) is 19.5. The topological polar surface area (TPSA) is 85.7 Å². The van der Waals surface area contributed by atoms with Gasteiger partial charge in [-0.3, -0.25) is 0 Å². The van der Waals surface area contributed by atoms with E-state index in [1.807, 2.05) is 25.7 Å². The number of imidazole rings is 1. The van der Waals surface area contributed by atoms with Crippen LogP contribution in [0.4, 0.5) is 0 Å². The molecule has 0 amide bonds. The Kier molecular flexibility index (Phi) is 9.92. The van der Waals surface area contributed by atoms with Gasteiger partial charge in [0.2, 0.25) is 15.0 Å². The molecular formula is C22H34N4O4S2. The molecule has 1 aromatic carbocycles. The van der Waals surface area contributed by atoms with Crippen LogP contribution < -0.4 is 10.1 Å². The number of hydrogen-bond acceptors (Lipinski definition) is 6. The minimum Gasteiger partial charge on any atom is -0.497 e. The van der Waals surface area contributed by atoms with Gasteiger partial charge in [-0.05, 0) is 42.8 Å². The highest BCUT2D eigenvalue weighted by atomic mass is 32.2. The summed E-state index contributed by atoms with van der Waals surface area (Å²) >= 11 is 5.51. The smallest absolute Gasteiger partial charge is 0.228 e. The number of ether oxygens (including phenoxy) is 2. The van der Waals surface area contributed by atoms with Gasteiger partial charge in [0, 0.05) is 26.7 Å². The molecule has 0 aliphatic rings. The second-order valence-electron chi connectivity index (χ2n) is 7.90. The Morgan fingerprint density at radius 3 is 2.69 bits per heavy atom. The van der Waals surface area contributed by atoms with Crippen LogP contribution in [0.2, 0.25) is 0 Å². The minimum atomic E-state index is -3.67. The summed E-state index contributed by atoms with van der Waals surface area (Å²) in [6, 6.07) is 7.08. The van der Waals surface area contributed by atoms with Gasteiger partial charge in [-0.25, -0.2) is 13.4 Å². The molecule has 10 heteroatoms. The van der Waals surface area contributed by atoms with Crippen molar-refractivity contribution >= 4 is 27.2 Å². The summed E-state index contributed by atoms with van der Waals surface area (Å²) in [5.74, 6) is 0.707. The number of hydrogen-bond donors (Lipinski definition) is 1. The third-order valence-corrected chi connectivity index (χ3v) is 6.75. The molecule has 0 aliphatic heterocycles. The minimum absolute atomic E-state index is 0.0741. The van der Waals surface area contributed by atoms with Crippen molar-refractivity contribution in [1.29, 1.82) is 0 Å². The molecule has 0 unspecified atom stereocenters. The third kappa shape index (κ3) is 7.18. The maximum absolute atomic E-state index is 13.3. The lowest BCUT2D eigenvalue weighted by Crippen LogP contribution is -2.41. The first-order valence-corrected chi connectivity index (χ1v) is 12.7. The van der Waals surface area contributed by atoms with E-state index < -0.39 is 9.84 Å². The molecule has 2 aromatic rings. The predicted molar refractivity (Wildman–Crippen MR) is 130 cm³/mol. The van der Waals surface area contributed by atoms with E-state index in [4.69, 9.17) is 21.7 Å². The third-order valence-electron chi connectivity index (χ3n) is 4.75. The highest BCUT2D eigenvalue weighted by Crippen LogP contribution is 2.22. The van der Waals surface area contributed by atoms with E-state index in [0.717, 1.165) is 5.69 Å². The zero-order valence-corrected chi connectivity index (χ0v) is 21.1. The van der Waals surface area contributed by atoms with Crippen molar-refractivity contribution in [2.75, 3.05) is 33.9 Å². The molecular weight excluding hydrogens is 448 g/mol. The quantitative estimate of drug-likeness (QED) is 0.462. The number of sulfone groups is 1. The van der Waals surface area contributed by atoms with Crippen LogP contribution >= 0.6 is 12.2 Å². The monoisotopic (exact) mass is 482 g/mol. The number of nitrogens with zero attached hydrogens (tertiary/aromatic N) is 3. The van der Waals surface area contributed by atoms with Crippen LogP contribution in [-0.2, 0) is 33.4 Å². The summed E-state index contributed by atoms with van der Waals surface area (Å²) in [5.41, 5.74) is 1.44. The van der Waals surface area contributed by atoms with Crippen molar-refractivity contribution in [1.82, 2.24) is 19.8 Å². The molecule has 32 heavy (non-hydrogen) atoms. The van der Waals surface area contributed by atoms with Crippen LogP contribution in [-0.4, -0.2) is 61.9 Å². The van der Waals surface area contributed by atoms with Gasteiger partial charge in [0.25, 0.3) is 0 Å². The predicted octanol–water partition coefficient (Wildman–Crippen LogP) is 2.86. The number of rotatable bonds is 12. The fourth-order valence-corrected chi connectivity index (χ4v) is 5.07. The molecule has 0 bridgehead atoms. The average Bonchev–Trinajstić information content (AvgIpc) is 3.13. The molecule has 0 atom stereocenters. The van der Waals surface area contributed by atoms with Crippen LogP contribution in [0.1, 0.15) is 32.0 Å². The first kappa shape index (κ1) is 26.1. The van der Waals surface area contributed by atoms with Crippen molar-refractivity contribution in [3.63, 3.8) is 0 Å². The molecule has 178 valence electrons. The fourth-order valence-electron chi connectivity index (χ4n) is 3.29. The summed E-state index contributed by atoms with van der Waals surface area (Å²) in [6.07, 6.45) is 1.63. The molecule has 0 fully saturated rings. The van der Waals surface area contributed by atoms with Gasteiger partial charge in [0.05, 0.1) is 37.9 Å². The number of benzene rings is 1. The Hall–Kier alpha value is -2.17. The normalized spacial score (nSPS) is 11.6. The summed E-state index contributed by atoms with van der Waals surface area (Å²) in [7, 11) is -0.475. The first-order valence-electron chi connectivity index (χ1n) is 10.6. The van der Waals surface area contributed by atoms with E-state index in [-0.39, 0.29) is 16.8 Å². The Morgan fingerprint density at radius 2 is 2.06 bits per heavy atom. The summed E-state index contributed by atoms with van der Waals surface area (Å²) < 4.78 is 38.9. The molecule has 8 nitrogen and oxygen atoms in total. The van der Waals surface area contributed by atoms with E-state index in [1.165, 1.54) is 0 Å². The maximum atomic E-state index is 13.3. The Labute approximate surface area is 196 Å². The van der Waals surface area contributed by atoms with Gasteiger partial charge in [0.15, 0.2) is 5.11 Å². The SMILES string of the molecule is CCNC(=S)N(CCOC)Cc1cnc(S(=O)(=O)Cc2cccc(OC)c2)n1CC(C)C. The lowest BCUT2D eigenvalue weighted by Gasteiger charge is -2.26. The maximum Gasteiger partial charge on any atom is 0.228 e. The van der Waals surface area contributed by atoms with E-state index in [2.05, 4.69) is 10.3 Å². The Bertz CT molecular complexity index is 990. The molecule has 0 saturated carbocycles. The number of aromatic nitrogens is 2. The van der Waals surface area contributed by atoms with Gasteiger partial charge in [-0.2, -0.15) is 0 Å². The van der Waals surface area contributed by atoms with Gasteiger partial charge in [-0.15, -0.1) is 0 Å². The molecule has 2 rings (SSSR count). The molecule has 1 heterocycles. The molecule has 0 saturated heterocycles. The van der Waals surface area contributed by atoms with Crippen LogP contribution in [0.5, 0.6) is 5.75 Å². The first-order chi connectivity index (χ1) is 15.2. The largest absolute Gasteiger partial charge is 0.497 e. The second kappa shape index (κ2) is 12.2. The van der Waals surface area contributed by atoms with Crippen molar-refractivity contribution in [2.45, 2.75) is 44.8 Å². The van der Waals surface area contributed by atoms with E-state index >= 15 is 0 Å². The second-order valence-corrected chi connectivity index (χ2v) is 10.2. The lowest BCUT2D eigenvalue weighted by atomic mass is 10.2. The van der Waals surface area contributed by atoms with Crippen molar-refractivity contribution in [3.8, 4) is 5.75 Å². The van der Waals surface area contributed by atoms with E-state index in [1.54, 1.807) is 49.2 Å². The highest BCUT2D eigenvalue weighted by molar-refractivity contribution is 7.90. The van der Waals surface area contributed by atoms with Crippen molar-refractivity contribution in [3.05, 3.63) is 41.7 Å². The lowest BCUT2D eigenvalue weighted by molar-refractivity contribution is 0.173. The van der Waals surface area contributed by atoms with Crippen LogP contribution in [0.3, 0.4) is 0 Å². The Balaban J connectivity index is 2.38. The molecule has 0 radical (unpaired) electrons. The number of methoxy groups -OCH3 is 2. The van der Waals surface area contributed by atoms with Crippen molar-refractivity contribution < 1.29 is 17.9 Å². The number of nitrogens with one attached hydrogen (secondary N) is 1. The Morgan fingerprint density at radius 1 is 1.31 bits per heavy atom. The summed E-state index contributed by atoms with van der Waals surface area (Å²) in [5, 5.41) is 3.83. The van der Waals surface area contributed by atoms with Crippen LogP contribution in [0, 0.1) is 5.92 Å². The fraction of sp³-hybridized carbons (Fsp3) is 0.545. The molecule has 1 aromatic heterocycles. The average molecular weight is 483 g/mol. The highest BCUT2D eigenvalue weighted by Gasteiger charge is 2.25. The van der Waals surface area contributed by atoms with Gasteiger partial charge in [-0.1, -0.05) is 26.0 Å². The van der Waals surface area contributed by atoms with Crippen LogP contribution in [0.25, 0.3) is 0 Å². The summed E-state index contributed by atoms with van der Waals surface area (Å²) in [6.45, 7) is 8.84. The van der Waals surface area contributed by atoms with E-state index in [9.17, 15) is 8.42 Å². The molecule has 0 spiro atoms. The zero-order chi connectivity index (χ0) is 23.7. The van der Waals surface area contributed by atoms with Gasteiger partial charge in [0.1, 0.15) is 5.75 Å². The molecule has 1 N–H and O–H groups in total.